The summed E-state index contributed by atoms with van der Waals surface area (Å²) in [5.74, 6) is -2.01. The molecule has 6 unspecified atom stereocenters. The van der Waals surface area contributed by atoms with Crippen molar-refractivity contribution < 1.29 is 56.8 Å². The van der Waals surface area contributed by atoms with Gasteiger partial charge in [-0.1, -0.05) is 133 Å². The topological polar surface area (TPSA) is 186 Å². The maximum atomic E-state index is 12.8. The molecular weight excluding hydrogens is 777 g/mol. The molecule has 0 saturated carbocycles. The van der Waals surface area contributed by atoms with Crippen LogP contribution >= 0.6 is 0 Å². The van der Waals surface area contributed by atoms with E-state index < -0.39 is 71.2 Å². The molecule has 4 N–H and O–H groups in total. The normalized spacial score (nSPS) is 20.7. The number of rotatable bonds is 37. The van der Waals surface area contributed by atoms with Crippen molar-refractivity contribution in [1.29, 1.82) is 0 Å². The van der Waals surface area contributed by atoms with Crippen molar-refractivity contribution in [3.05, 3.63) is 48.6 Å². The summed E-state index contributed by atoms with van der Waals surface area (Å²) in [5.41, 5.74) is 0. The Morgan fingerprint density at radius 1 is 0.576 bits per heavy atom. The van der Waals surface area contributed by atoms with Gasteiger partial charge in [0, 0.05) is 12.8 Å². The number of hydrogen-bond acceptors (Lipinski definition) is 11. The molecule has 1 saturated heterocycles. The molecule has 1 aliphatic rings. The Labute approximate surface area is 356 Å². The van der Waals surface area contributed by atoms with Crippen molar-refractivity contribution in [3.63, 3.8) is 0 Å². The zero-order valence-corrected chi connectivity index (χ0v) is 37.2. The van der Waals surface area contributed by atoms with Crippen molar-refractivity contribution in [2.45, 2.75) is 211 Å². The van der Waals surface area contributed by atoms with Gasteiger partial charge in [-0.2, -0.15) is 8.42 Å². The first-order valence-electron chi connectivity index (χ1n) is 22.7. The lowest BCUT2D eigenvalue weighted by Crippen LogP contribution is -2.60. The summed E-state index contributed by atoms with van der Waals surface area (Å²) in [6.45, 7) is 3.68. The third kappa shape index (κ3) is 31.2. The first kappa shape index (κ1) is 54.6. The van der Waals surface area contributed by atoms with Crippen LogP contribution in [0.4, 0.5) is 0 Å². The van der Waals surface area contributed by atoms with Gasteiger partial charge >= 0.3 is 11.9 Å². The van der Waals surface area contributed by atoms with E-state index in [9.17, 15) is 37.9 Å². The first-order chi connectivity index (χ1) is 28.5. The summed E-state index contributed by atoms with van der Waals surface area (Å²) in [6, 6.07) is 0. The third-order valence-corrected chi connectivity index (χ3v) is 10.9. The number of aliphatic hydroxyl groups excluding tert-OH is 3. The lowest BCUT2D eigenvalue weighted by molar-refractivity contribution is -0.297. The Balaban J connectivity index is 2.45. The smallest absolute Gasteiger partial charge is 0.306 e. The van der Waals surface area contributed by atoms with Crippen LogP contribution in [0.1, 0.15) is 174 Å². The number of carbonyl (C=O) groups excluding carboxylic acids is 2. The Morgan fingerprint density at radius 3 is 1.53 bits per heavy atom. The van der Waals surface area contributed by atoms with Gasteiger partial charge in [-0.25, -0.2) is 0 Å². The Hall–Kier alpha value is -2.39. The fourth-order valence-corrected chi connectivity index (χ4v) is 7.25. The van der Waals surface area contributed by atoms with E-state index in [1.165, 1.54) is 44.9 Å². The number of carbonyl (C=O) groups is 2. The second kappa shape index (κ2) is 36.3. The molecule has 0 aromatic rings. The number of allylic oxidation sites excluding steroid dienone is 8. The summed E-state index contributed by atoms with van der Waals surface area (Å²) in [4.78, 5) is 25.4. The summed E-state index contributed by atoms with van der Waals surface area (Å²) in [5, 5.41) is 30.9. The van der Waals surface area contributed by atoms with Gasteiger partial charge in [0.2, 0.25) is 0 Å². The van der Waals surface area contributed by atoms with Crippen LogP contribution in [0, 0.1) is 0 Å². The number of aliphatic hydroxyl groups is 3. The van der Waals surface area contributed by atoms with E-state index >= 15 is 0 Å². The quantitative estimate of drug-likeness (QED) is 0.0201. The molecule has 59 heavy (non-hydrogen) atoms. The molecule has 0 aromatic heterocycles. The Morgan fingerprint density at radius 2 is 1.02 bits per heavy atom. The van der Waals surface area contributed by atoms with E-state index in [1.807, 2.05) is 0 Å². The first-order valence-corrected chi connectivity index (χ1v) is 24.3. The van der Waals surface area contributed by atoms with E-state index in [4.69, 9.17) is 18.9 Å². The number of esters is 2. The molecule has 0 aromatic carbocycles. The summed E-state index contributed by atoms with van der Waals surface area (Å²) in [7, 11) is -4.60. The molecule has 1 fully saturated rings. The van der Waals surface area contributed by atoms with Crippen LogP contribution in [-0.2, 0) is 38.7 Å². The highest BCUT2D eigenvalue weighted by molar-refractivity contribution is 7.85. The molecule has 6 atom stereocenters. The molecular formula is C46H80O12S. The van der Waals surface area contributed by atoms with Crippen molar-refractivity contribution in [2.75, 3.05) is 19.0 Å². The standard InChI is InChI=1S/C46H80O12S/c1-3-5-7-9-11-13-15-17-18-19-20-21-22-23-25-27-29-31-33-35-42(48)57-39(37-56-46-45(51)44(50)43(49)40(58-46)38-59(52,53)54)36-55-41(47)34-32-30-28-26-24-16-14-12-10-8-6-4-2/h11-14,17-18,20-21,39-40,43-46,49-51H,3-10,15-16,19,22-38H2,1-2H3,(H,52,53,54)/b13-11-,14-12-,18-17-,21-20-. The average Bonchev–Trinajstić information content (AvgIpc) is 3.20. The zero-order chi connectivity index (χ0) is 43.4. The summed E-state index contributed by atoms with van der Waals surface area (Å²) >= 11 is 0. The molecule has 12 nitrogen and oxygen atoms in total. The predicted octanol–water partition coefficient (Wildman–Crippen LogP) is 9.17. The maximum Gasteiger partial charge on any atom is 0.306 e. The molecule has 1 rings (SSSR count). The minimum absolute atomic E-state index is 0.147. The van der Waals surface area contributed by atoms with Gasteiger partial charge < -0.3 is 34.3 Å². The van der Waals surface area contributed by atoms with E-state index in [0.29, 0.717) is 12.8 Å². The van der Waals surface area contributed by atoms with Crippen LogP contribution < -0.4 is 0 Å². The fourth-order valence-electron chi connectivity index (χ4n) is 6.56. The molecule has 0 spiro atoms. The summed E-state index contributed by atoms with van der Waals surface area (Å²) in [6.07, 6.45) is 32.9. The van der Waals surface area contributed by atoms with E-state index in [2.05, 4.69) is 62.5 Å². The Kier molecular flexibility index (Phi) is 33.6. The minimum Gasteiger partial charge on any atom is -0.462 e. The molecule has 0 radical (unpaired) electrons. The van der Waals surface area contributed by atoms with Crippen molar-refractivity contribution in [1.82, 2.24) is 0 Å². The van der Waals surface area contributed by atoms with Crippen molar-refractivity contribution >= 4 is 22.1 Å². The van der Waals surface area contributed by atoms with Gasteiger partial charge in [0.25, 0.3) is 10.1 Å². The third-order valence-electron chi connectivity index (χ3n) is 10.1. The molecule has 342 valence electrons. The molecule has 0 aliphatic carbocycles. The fraction of sp³-hybridized carbons (Fsp3) is 0.783. The van der Waals surface area contributed by atoms with Crippen LogP contribution in [0.3, 0.4) is 0 Å². The van der Waals surface area contributed by atoms with Gasteiger partial charge in [-0.15, -0.1) is 0 Å². The van der Waals surface area contributed by atoms with Crippen LogP contribution in [-0.4, -0.2) is 96.0 Å². The van der Waals surface area contributed by atoms with Gasteiger partial charge in [-0.05, 0) is 77.0 Å². The van der Waals surface area contributed by atoms with E-state index in [0.717, 1.165) is 89.9 Å². The second-order valence-electron chi connectivity index (χ2n) is 15.7. The highest BCUT2D eigenvalue weighted by Crippen LogP contribution is 2.24. The maximum absolute atomic E-state index is 12.8. The summed E-state index contributed by atoms with van der Waals surface area (Å²) < 4.78 is 54.0. The van der Waals surface area contributed by atoms with E-state index in [-0.39, 0.29) is 19.4 Å². The molecule has 13 heteroatoms. The predicted molar refractivity (Wildman–Crippen MR) is 233 cm³/mol. The number of hydrogen-bond donors (Lipinski definition) is 4. The highest BCUT2D eigenvalue weighted by atomic mass is 32.2. The van der Waals surface area contributed by atoms with Crippen molar-refractivity contribution in [2.24, 2.45) is 0 Å². The monoisotopic (exact) mass is 857 g/mol. The van der Waals surface area contributed by atoms with Gasteiger partial charge in [-0.3, -0.25) is 14.1 Å². The molecule has 1 aliphatic heterocycles. The van der Waals surface area contributed by atoms with Crippen LogP contribution in [0.2, 0.25) is 0 Å². The Bertz CT molecular complexity index is 1280. The average molecular weight is 857 g/mol. The van der Waals surface area contributed by atoms with Gasteiger partial charge in [0.15, 0.2) is 12.4 Å². The molecule has 0 amide bonds. The highest BCUT2D eigenvalue weighted by Gasteiger charge is 2.46. The van der Waals surface area contributed by atoms with Crippen LogP contribution in [0.15, 0.2) is 48.6 Å². The largest absolute Gasteiger partial charge is 0.462 e. The lowest BCUT2D eigenvalue weighted by Gasteiger charge is -2.40. The molecule has 1 heterocycles. The second-order valence-corrected chi connectivity index (χ2v) is 17.2. The van der Waals surface area contributed by atoms with Crippen molar-refractivity contribution in [3.8, 4) is 0 Å². The number of ether oxygens (including phenoxy) is 4. The van der Waals surface area contributed by atoms with E-state index in [1.54, 1.807) is 0 Å². The SMILES string of the molecule is CCCCC/C=C\C/C=C\C/C=C\CCCCCCCCC(=O)OC(COC(=O)CCCCCCC/C=C\CCCCC)COC1OC(CS(=O)(=O)O)C(O)C(O)C1O. The zero-order valence-electron chi connectivity index (χ0n) is 36.3. The minimum atomic E-state index is -4.60. The molecule has 0 bridgehead atoms. The van der Waals surface area contributed by atoms with Gasteiger partial charge in [0.05, 0.1) is 6.61 Å². The van der Waals surface area contributed by atoms with Gasteiger partial charge in [0.1, 0.15) is 36.8 Å². The van der Waals surface area contributed by atoms with Crippen LogP contribution in [0.25, 0.3) is 0 Å². The van der Waals surface area contributed by atoms with Crippen LogP contribution in [0.5, 0.6) is 0 Å². The number of unbranched alkanes of at least 4 members (excludes halogenated alkanes) is 17. The lowest BCUT2D eigenvalue weighted by atomic mass is 10.00.